The minimum Gasteiger partial charge on any atom is -0.452 e. The quantitative estimate of drug-likeness (QED) is 0.799. The van der Waals surface area contributed by atoms with Crippen LogP contribution < -0.4 is 5.32 Å². The molecule has 0 radical (unpaired) electrons. The van der Waals surface area contributed by atoms with E-state index in [0.717, 1.165) is 5.56 Å². The van der Waals surface area contributed by atoms with E-state index in [2.05, 4.69) is 5.32 Å². The number of benzene rings is 1. The van der Waals surface area contributed by atoms with E-state index in [1.165, 1.54) is 0 Å². The zero-order valence-electron chi connectivity index (χ0n) is 9.68. The summed E-state index contributed by atoms with van der Waals surface area (Å²) in [5, 5.41) is 2.78. The van der Waals surface area contributed by atoms with Crippen molar-refractivity contribution >= 4 is 11.9 Å². The van der Waals surface area contributed by atoms with Gasteiger partial charge in [0.2, 0.25) is 0 Å². The summed E-state index contributed by atoms with van der Waals surface area (Å²) in [6.45, 7) is 2.30. The van der Waals surface area contributed by atoms with Crippen molar-refractivity contribution in [3.8, 4) is 0 Å². The summed E-state index contributed by atoms with van der Waals surface area (Å²) in [5.41, 5.74) is 1.03. The van der Waals surface area contributed by atoms with Crippen LogP contribution in [0.4, 0.5) is 0 Å². The van der Waals surface area contributed by atoms with Crippen molar-refractivity contribution in [2.45, 2.75) is 26.0 Å². The summed E-state index contributed by atoms with van der Waals surface area (Å²) in [4.78, 5) is 22.8. The Bertz CT molecular complexity index is 416. The van der Waals surface area contributed by atoms with Crippen LogP contribution in [0.1, 0.15) is 18.9 Å². The van der Waals surface area contributed by atoms with Crippen molar-refractivity contribution in [3.63, 3.8) is 0 Å². The van der Waals surface area contributed by atoms with Crippen LogP contribution in [-0.2, 0) is 20.9 Å². The molecule has 2 atom stereocenters. The molecule has 0 unspecified atom stereocenters. The SMILES string of the molecule is C[C@@H]1CC(=O)O[C@H]1C(=O)NCc1ccccc1. The molecule has 0 bridgehead atoms. The topological polar surface area (TPSA) is 55.4 Å². The smallest absolute Gasteiger partial charge is 0.307 e. The normalized spacial score (nSPS) is 23.2. The number of esters is 1. The molecule has 1 saturated heterocycles. The van der Waals surface area contributed by atoms with Crippen LogP contribution in [-0.4, -0.2) is 18.0 Å². The zero-order chi connectivity index (χ0) is 12.3. The number of carbonyl (C=O) groups excluding carboxylic acids is 2. The van der Waals surface area contributed by atoms with Gasteiger partial charge < -0.3 is 10.1 Å². The zero-order valence-corrected chi connectivity index (χ0v) is 9.68. The molecule has 1 amide bonds. The monoisotopic (exact) mass is 233 g/mol. The Morgan fingerprint density at radius 3 is 2.71 bits per heavy atom. The van der Waals surface area contributed by atoms with Crippen molar-refractivity contribution in [2.75, 3.05) is 0 Å². The Morgan fingerprint density at radius 1 is 1.41 bits per heavy atom. The van der Waals surface area contributed by atoms with Crippen molar-refractivity contribution in [3.05, 3.63) is 35.9 Å². The third-order valence-corrected chi connectivity index (χ3v) is 2.83. The van der Waals surface area contributed by atoms with Crippen LogP contribution in [0, 0.1) is 5.92 Å². The van der Waals surface area contributed by atoms with E-state index >= 15 is 0 Å². The molecule has 2 rings (SSSR count). The summed E-state index contributed by atoms with van der Waals surface area (Å²) in [6, 6.07) is 9.63. The average Bonchev–Trinajstić information content (AvgIpc) is 2.67. The highest BCUT2D eigenvalue weighted by Crippen LogP contribution is 2.21. The maximum atomic E-state index is 11.8. The fourth-order valence-electron chi connectivity index (χ4n) is 1.87. The van der Waals surface area contributed by atoms with Crippen LogP contribution >= 0.6 is 0 Å². The van der Waals surface area contributed by atoms with Gasteiger partial charge in [-0.2, -0.15) is 0 Å². The molecule has 1 N–H and O–H groups in total. The molecule has 0 aromatic heterocycles. The van der Waals surface area contributed by atoms with E-state index in [9.17, 15) is 9.59 Å². The van der Waals surface area contributed by atoms with E-state index < -0.39 is 6.10 Å². The van der Waals surface area contributed by atoms with Gasteiger partial charge in [0.15, 0.2) is 6.10 Å². The maximum absolute atomic E-state index is 11.8. The fraction of sp³-hybridized carbons (Fsp3) is 0.385. The lowest BCUT2D eigenvalue weighted by Crippen LogP contribution is -2.36. The average molecular weight is 233 g/mol. The molecule has 0 aliphatic carbocycles. The first-order valence-electron chi connectivity index (χ1n) is 5.68. The molecule has 4 nitrogen and oxygen atoms in total. The van der Waals surface area contributed by atoms with E-state index in [4.69, 9.17) is 4.74 Å². The minimum absolute atomic E-state index is 0.0433. The Morgan fingerprint density at radius 2 is 2.12 bits per heavy atom. The number of ether oxygens (including phenoxy) is 1. The van der Waals surface area contributed by atoms with Crippen LogP contribution in [0.3, 0.4) is 0 Å². The Balaban J connectivity index is 1.88. The highest BCUT2D eigenvalue weighted by molar-refractivity contribution is 5.86. The summed E-state index contributed by atoms with van der Waals surface area (Å²) in [5.74, 6) is -0.553. The number of nitrogens with one attached hydrogen (secondary N) is 1. The van der Waals surface area contributed by atoms with Crippen molar-refractivity contribution in [2.24, 2.45) is 5.92 Å². The molecule has 4 heteroatoms. The number of hydrogen-bond acceptors (Lipinski definition) is 3. The van der Waals surface area contributed by atoms with Gasteiger partial charge in [-0.15, -0.1) is 0 Å². The van der Waals surface area contributed by atoms with Crippen LogP contribution in [0.2, 0.25) is 0 Å². The second-order valence-corrected chi connectivity index (χ2v) is 4.30. The van der Waals surface area contributed by atoms with Gasteiger partial charge in [0, 0.05) is 12.5 Å². The Labute approximate surface area is 100.0 Å². The van der Waals surface area contributed by atoms with Gasteiger partial charge in [0.05, 0.1) is 6.42 Å². The van der Waals surface area contributed by atoms with E-state index in [-0.39, 0.29) is 17.8 Å². The molecule has 1 aromatic carbocycles. The molecule has 0 saturated carbocycles. The summed E-state index contributed by atoms with van der Waals surface area (Å²) in [6.07, 6.45) is -0.310. The lowest BCUT2D eigenvalue weighted by molar-refractivity contribution is -0.148. The first-order valence-corrected chi connectivity index (χ1v) is 5.68. The van der Waals surface area contributed by atoms with Crippen molar-refractivity contribution in [1.82, 2.24) is 5.32 Å². The number of carbonyl (C=O) groups is 2. The Kier molecular flexibility index (Phi) is 3.42. The van der Waals surface area contributed by atoms with Gasteiger partial charge in [0.25, 0.3) is 5.91 Å². The molecule has 1 aliphatic heterocycles. The minimum atomic E-state index is -0.633. The molecule has 1 aliphatic rings. The number of rotatable bonds is 3. The molecule has 1 heterocycles. The van der Waals surface area contributed by atoms with Gasteiger partial charge >= 0.3 is 5.97 Å². The second kappa shape index (κ2) is 4.99. The van der Waals surface area contributed by atoms with Crippen LogP contribution in [0.25, 0.3) is 0 Å². The maximum Gasteiger partial charge on any atom is 0.307 e. The van der Waals surface area contributed by atoms with Crippen LogP contribution in [0.5, 0.6) is 0 Å². The molecule has 0 spiro atoms. The van der Waals surface area contributed by atoms with Gasteiger partial charge in [-0.05, 0) is 5.56 Å². The molecule has 90 valence electrons. The Hall–Kier alpha value is -1.84. The first-order chi connectivity index (χ1) is 8.16. The van der Waals surface area contributed by atoms with Crippen molar-refractivity contribution < 1.29 is 14.3 Å². The highest BCUT2D eigenvalue weighted by Gasteiger charge is 2.36. The predicted molar refractivity (Wildman–Crippen MR) is 61.9 cm³/mol. The van der Waals surface area contributed by atoms with Crippen molar-refractivity contribution in [1.29, 1.82) is 0 Å². The standard InChI is InChI=1S/C13H15NO3/c1-9-7-11(15)17-12(9)13(16)14-8-10-5-3-2-4-6-10/h2-6,9,12H,7-8H2,1H3,(H,14,16)/t9-,12-/m1/s1. The lowest BCUT2D eigenvalue weighted by Gasteiger charge is -2.13. The van der Waals surface area contributed by atoms with E-state index in [1.54, 1.807) is 0 Å². The van der Waals surface area contributed by atoms with Gasteiger partial charge in [-0.1, -0.05) is 37.3 Å². The lowest BCUT2D eigenvalue weighted by atomic mass is 10.0. The molecule has 1 fully saturated rings. The third kappa shape index (κ3) is 2.84. The summed E-state index contributed by atoms with van der Waals surface area (Å²) >= 11 is 0. The van der Waals surface area contributed by atoms with E-state index in [0.29, 0.717) is 13.0 Å². The molecular weight excluding hydrogens is 218 g/mol. The summed E-state index contributed by atoms with van der Waals surface area (Å²) in [7, 11) is 0. The number of hydrogen-bond donors (Lipinski definition) is 1. The third-order valence-electron chi connectivity index (χ3n) is 2.83. The fourth-order valence-corrected chi connectivity index (χ4v) is 1.87. The van der Waals surface area contributed by atoms with Crippen LogP contribution in [0.15, 0.2) is 30.3 Å². The molecular formula is C13H15NO3. The largest absolute Gasteiger partial charge is 0.452 e. The van der Waals surface area contributed by atoms with Gasteiger partial charge in [0.1, 0.15) is 0 Å². The highest BCUT2D eigenvalue weighted by atomic mass is 16.6. The van der Waals surface area contributed by atoms with Gasteiger partial charge in [-0.25, -0.2) is 0 Å². The second-order valence-electron chi connectivity index (χ2n) is 4.30. The summed E-state index contributed by atoms with van der Waals surface area (Å²) < 4.78 is 4.97. The van der Waals surface area contributed by atoms with Gasteiger partial charge in [-0.3, -0.25) is 9.59 Å². The molecule has 1 aromatic rings. The van der Waals surface area contributed by atoms with E-state index in [1.807, 2.05) is 37.3 Å². The number of cyclic esters (lactones) is 1. The number of amides is 1. The predicted octanol–water partition coefficient (Wildman–Crippen LogP) is 1.25. The molecule has 17 heavy (non-hydrogen) atoms. The first kappa shape index (κ1) is 11.6.